The third-order valence-corrected chi connectivity index (χ3v) is 1.04. The number of nitrogens with one attached hydrogen (secondary N) is 1. The Labute approximate surface area is 73.5 Å². The lowest BCUT2D eigenvalue weighted by Gasteiger charge is -2.02. The van der Waals surface area contributed by atoms with E-state index in [1.807, 2.05) is 0 Å². The van der Waals surface area contributed by atoms with Crippen LogP contribution in [-0.4, -0.2) is 42.7 Å². The first kappa shape index (κ1) is 13.9. The molecule has 5 heteroatoms. The molecule has 0 aromatic heterocycles. The van der Waals surface area contributed by atoms with Crippen LogP contribution in [0.2, 0.25) is 0 Å². The molecule has 0 radical (unpaired) electrons. The number of hydrogen-bond acceptors (Lipinski definition) is 4. The molecule has 0 bridgehead atoms. The van der Waals surface area contributed by atoms with Gasteiger partial charge in [0.1, 0.15) is 0 Å². The second-order valence-electron chi connectivity index (χ2n) is 2.67. The highest BCUT2D eigenvalue weighted by atomic mass is 16.3. The molecule has 0 rings (SSSR count). The fourth-order valence-corrected chi connectivity index (χ4v) is 0.171. The molecular formula is C7H19N3O2. The fourth-order valence-electron chi connectivity index (χ4n) is 0.171. The number of hydrogen-bond donors (Lipinski definition) is 3. The molecule has 74 valence electrons. The highest BCUT2D eigenvalue weighted by Gasteiger charge is 1.87. The summed E-state index contributed by atoms with van der Waals surface area (Å²) in [6, 6.07) is 0. The van der Waals surface area contributed by atoms with E-state index in [-0.39, 0.29) is 12.0 Å². The first-order valence-corrected chi connectivity index (χ1v) is 3.71. The molecule has 0 saturated carbocycles. The van der Waals surface area contributed by atoms with Gasteiger partial charge in [0, 0.05) is 27.6 Å². The van der Waals surface area contributed by atoms with E-state index in [0.29, 0.717) is 6.54 Å². The zero-order valence-electron chi connectivity index (χ0n) is 8.16. The van der Waals surface area contributed by atoms with Gasteiger partial charge in [0.15, 0.2) is 0 Å². The van der Waals surface area contributed by atoms with Crippen LogP contribution >= 0.6 is 0 Å². The summed E-state index contributed by atoms with van der Waals surface area (Å²) in [4.78, 5) is 11.6. The number of carbonyl (C=O) groups excluding carboxylic acids is 1. The number of aliphatic hydroxyl groups is 1. The zero-order valence-corrected chi connectivity index (χ0v) is 8.16. The number of aliphatic hydroxyl groups excluding tert-OH is 1. The average Bonchev–Trinajstić information content (AvgIpc) is 1.87. The number of amides is 1. The van der Waals surface area contributed by atoms with Gasteiger partial charge in [0.2, 0.25) is 5.91 Å². The van der Waals surface area contributed by atoms with Crippen LogP contribution in [0.5, 0.6) is 0 Å². The highest BCUT2D eigenvalue weighted by Crippen LogP contribution is 1.69. The lowest BCUT2D eigenvalue weighted by molar-refractivity contribution is -0.126. The Bertz CT molecular complexity index is 115. The summed E-state index contributed by atoms with van der Waals surface area (Å²) in [5.41, 5.74) is 2.32. The Hall–Kier alpha value is -0.650. The Morgan fingerprint density at radius 3 is 2.00 bits per heavy atom. The number of hydrazine groups is 1. The molecule has 0 heterocycles. The normalized spacial score (nSPS) is 11.2. The molecule has 0 aliphatic carbocycles. The van der Waals surface area contributed by atoms with Crippen molar-refractivity contribution in [1.29, 1.82) is 0 Å². The molecule has 5 nitrogen and oxygen atoms in total. The van der Waals surface area contributed by atoms with Crippen LogP contribution in [0.15, 0.2) is 0 Å². The summed E-state index contributed by atoms with van der Waals surface area (Å²) in [6.07, 6.45) is -0.338. The van der Waals surface area contributed by atoms with Gasteiger partial charge >= 0.3 is 0 Å². The average molecular weight is 177 g/mol. The first-order chi connectivity index (χ1) is 5.41. The van der Waals surface area contributed by atoms with Crippen LogP contribution in [0.4, 0.5) is 0 Å². The molecule has 0 aliphatic heterocycles. The predicted octanol–water partition coefficient (Wildman–Crippen LogP) is -1.07. The van der Waals surface area contributed by atoms with E-state index in [4.69, 9.17) is 10.9 Å². The Morgan fingerprint density at radius 1 is 1.67 bits per heavy atom. The molecule has 4 N–H and O–H groups in total. The Balaban J connectivity index is 0. The maximum atomic E-state index is 10.1. The molecule has 0 aliphatic rings. The van der Waals surface area contributed by atoms with Crippen molar-refractivity contribution in [3.63, 3.8) is 0 Å². The van der Waals surface area contributed by atoms with Crippen molar-refractivity contribution in [2.24, 2.45) is 5.84 Å². The lowest BCUT2D eigenvalue weighted by atomic mass is 10.4. The van der Waals surface area contributed by atoms with Crippen molar-refractivity contribution >= 4 is 5.91 Å². The monoisotopic (exact) mass is 177 g/mol. The van der Waals surface area contributed by atoms with Gasteiger partial charge in [0.05, 0.1) is 6.10 Å². The molecule has 0 spiro atoms. The van der Waals surface area contributed by atoms with Crippen molar-refractivity contribution in [3.8, 4) is 0 Å². The van der Waals surface area contributed by atoms with E-state index in [9.17, 15) is 4.79 Å². The summed E-state index contributed by atoms with van der Waals surface area (Å²) in [6.45, 7) is 3.65. The Kier molecular flexibility index (Phi) is 9.79. The number of nitrogens with two attached hydrogens (primary N) is 1. The second kappa shape index (κ2) is 8.45. The van der Waals surface area contributed by atoms with Crippen molar-refractivity contribution in [2.75, 3.05) is 20.6 Å². The molecule has 0 aromatic rings. The first-order valence-electron chi connectivity index (χ1n) is 3.71. The molecule has 0 aromatic carbocycles. The van der Waals surface area contributed by atoms with Crippen molar-refractivity contribution < 1.29 is 9.90 Å². The standard InChI is InChI=1S/C4H9NO.C3H10N2O/c1-4(6)5(2)3;1-3(6)2-5-4/h1-3H3;3,5-6H,2,4H2,1H3. The summed E-state index contributed by atoms with van der Waals surface area (Å²) in [5.74, 6) is 4.91. The molecule has 1 amide bonds. The van der Waals surface area contributed by atoms with E-state index in [1.165, 1.54) is 11.8 Å². The van der Waals surface area contributed by atoms with E-state index in [0.717, 1.165) is 0 Å². The van der Waals surface area contributed by atoms with Gasteiger partial charge in [-0.05, 0) is 6.92 Å². The van der Waals surface area contributed by atoms with E-state index in [1.54, 1.807) is 21.0 Å². The number of carbonyl (C=O) groups is 1. The SMILES string of the molecule is CC(=O)N(C)C.CC(O)CNN. The molecule has 0 fully saturated rings. The summed E-state index contributed by atoms with van der Waals surface area (Å²) < 4.78 is 0. The quantitative estimate of drug-likeness (QED) is 0.370. The molecule has 12 heavy (non-hydrogen) atoms. The highest BCUT2D eigenvalue weighted by molar-refractivity contribution is 5.72. The van der Waals surface area contributed by atoms with Gasteiger partial charge in [-0.15, -0.1) is 0 Å². The Morgan fingerprint density at radius 2 is 2.00 bits per heavy atom. The minimum atomic E-state index is -0.338. The predicted molar refractivity (Wildman–Crippen MR) is 48.2 cm³/mol. The van der Waals surface area contributed by atoms with Crippen LogP contribution in [0, 0.1) is 0 Å². The maximum Gasteiger partial charge on any atom is 0.218 e. The number of nitrogens with zero attached hydrogens (tertiary/aromatic N) is 1. The topological polar surface area (TPSA) is 78.6 Å². The van der Waals surface area contributed by atoms with Crippen molar-refractivity contribution in [3.05, 3.63) is 0 Å². The zero-order chi connectivity index (χ0) is 10.1. The summed E-state index contributed by atoms with van der Waals surface area (Å²) >= 11 is 0. The van der Waals surface area contributed by atoms with E-state index >= 15 is 0 Å². The van der Waals surface area contributed by atoms with Crippen LogP contribution < -0.4 is 11.3 Å². The van der Waals surface area contributed by atoms with Crippen LogP contribution in [-0.2, 0) is 4.79 Å². The second-order valence-corrected chi connectivity index (χ2v) is 2.67. The lowest BCUT2D eigenvalue weighted by Crippen LogP contribution is -2.29. The summed E-state index contributed by atoms with van der Waals surface area (Å²) in [5, 5.41) is 8.41. The fraction of sp³-hybridized carbons (Fsp3) is 0.857. The summed E-state index contributed by atoms with van der Waals surface area (Å²) in [7, 11) is 3.45. The van der Waals surface area contributed by atoms with Crippen LogP contribution in [0.25, 0.3) is 0 Å². The van der Waals surface area contributed by atoms with Gasteiger partial charge in [0.25, 0.3) is 0 Å². The van der Waals surface area contributed by atoms with E-state index < -0.39 is 0 Å². The molecule has 1 unspecified atom stereocenters. The van der Waals surface area contributed by atoms with Gasteiger partial charge in [-0.3, -0.25) is 16.1 Å². The van der Waals surface area contributed by atoms with Crippen LogP contribution in [0.1, 0.15) is 13.8 Å². The van der Waals surface area contributed by atoms with Gasteiger partial charge in [-0.25, -0.2) is 0 Å². The van der Waals surface area contributed by atoms with Crippen LogP contribution in [0.3, 0.4) is 0 Å². The van der Waals surface area contributed by atoms with Gasteiger partial charge in [-0.1, -0.05) is 0 Å². The van der Waals surface area contributed by atoms with Gasteiger partial charge < -0.3 is 10.0 Å². The number of rotatable bonds is 2. The smallest absolute Gasteiger partial charge is 0.218 e. The molecule has 1 atom stereocenters. The van der Waals surface area contributed by atoms with Crippen molar-refractivity contribution in [2.45, 2.75) is 20.0 Å². The van der Waals surface area contributed by atoms with Gasteiger partial charge in [-0.2, -0.15) is 0 Å². The minimum absolute atomic E-state index is 0.0926. The third kappa shape index (κ3) is 16.2. The maximum absolute atomic E-state index is 10.1. The van der Waals surface area contributed by atoms with Crippen molar-refractivity contribution in [1.82, 2.24) is 10.3 Å². The molecule has 0 saturated heterocycles. The largest absolute Gasteiger partial charge is 0.392 e. The van der Waals surface area contributed by atoms with E-state index in [2.05, 4.69) is 5.43 Å². The third-order valence-electron chi connectivity index (χ3n) is 1.04. The minimum Gasteiger partial charge on any atom is -0.392 e. The molecular weight excluding hydrogens is 158 g/mol.